The molecule has 1 aromatic rings. The zero-order valence-corrected chi connectivity index (χ0v) is 9.54. The molecule has 0 atom stereocenters. The third-order valence-electron chi connectivity index (χ3n) is 1.98. The molecule has 0 aliphatic heterocycles. The largest absolute Gasteiger partial charge is 0.385 e. The number of nitrogens with one attached hydrogen (secondary N) is 1. The third kappa shape index (κ3) is 3.21. The summed E-state index contributed by atoms with van der Waals surface area (Å²) in [5, 5.41) is 0.123. The topological polar surface area (TPSA) is 58.2 Å². The van der Waals surface area contributed by atoms with E-state index in [9.17, 15) is 4.79 Å². The lowest BCUT2D eigenvalue weighted by atomic mass is 10.4. The molecule has 0 aliphatic rings. The quantitative estimate of drug-likeness (QED) is 0.765. The van der Waals surface area contributed by atoms with E-state index in [0.29, 0.717) is 12.4 Å². The van der Waals surface area contributed by atoms with Gasteiger partial charge in [-0.15, -0.1) is 0 Å². The Morgan fingerprint density at radius 3 is 3.07 bits per heavy atom. The minimum Gasteiger partial charge on any atom is -0.385 e. The van der Waals surface area contributed by atoms with Crippen molar-refractivity contribution in [3.8, 4) is 0 Å². The number of H-pyrrole nitrogens is 1. The molecule has 0 fully saturated rings. The zero-order chi connectivity index (χ0) is 11.3. The van der Waals surface area contributed by atoms with Gasteiger partial charge in [0.2, 0.25) is 0 Å². The van der Waals surface area contributed by atoms with Crippen LogP contribution < -0.4 is 10.5 Å². The van der Waals surface area contributed by atoms with Crippen molar-refractivity contribution in [2.24, 2.45) is 0 Å². The minimum atomic E-state index is -0.319. The van der Waals surface area contributed by atoms with E-state index in [1.165, 1.54) is 6.33 Å². The molecular formula is C9H14ClN3O2. The van der Waals surface area contributed by atoms with Crippen molar-refractivity contribution in [2.45, 2.75) is 6.42 Å². The van der Waals surface area contributed by atoms with Crippen LogP contribution in [0.1, 0.15) is 6.42 Å². The van der Waals surface area contributed by atoms with Gasteiger partial charge in [-0.2, -0.15) is 0 Å². The molecule has 0 bridgehead atoms. The first kappa shape index (κ1) is 12.0. The fourth-order valence-corrected chi connectivity index (χ4v) is 1.44. The average molecular weight is 232 g/mol. The zero-order valence-electron chi connectivity index (χ0n) is 8.79. The van der Waals surface area contributed by atoms with E-state index in [4.69, 9.17) is 16.3 Å². The highest BCUT2D eigenvalue weighted by molar-refractivity contribution is 6.32. The Morgan fingerprint density at radius 2 is 2.40 bits per heavy atom. The summed E-state index contributed by atoms with van der Waals surface area (Å²) in [4.78, 5) is 19.5. The Kier molecular flexibility index (Phi) is 4.58. The summed E-state index contributed by atoms with van der Waals surface area (Å²) in [6, 6.07) is 0. The molecule has 84 valence electrons. The molecule has 0 saturated carbocycles. The van der Waals surface area contributed by atoms with Crippen LogP contribution in [0.3, 0.4) is 0 Å². The fraction of sp³-hybridized carbons (Fsp3) is 0.556. The smallest absolute Gasteiger partial charge is 0.271 e. The summed E-state index contributed by atoms with van der Waals surface area (Å²) >= 11 is 5.82. The monoisotopic (exact) mass is 231 g/mol. The number of ether oxygens (including phenoxy) is 1. The number of nitrogens with zero attached hydrogens (tertiary/aromatic N) is 2. The van der Waals surface area contributed by atoms with Crippen LogP contribution >= 0.6 is 11.6 Å². The van der Waals surface area contributed by atoms with Crippen LogP contribution in [0.5, 0.6) is 0 Å². The number of aromatic nitrogens is 2. The van der Waals surface area contributed by atoms with Gasteiger partial charge in [-0.05, 0) is 6.42 Å². The SMILES string of the molecule is COCCCN(C)c1nc[nH]c(=O)c1Cl. The van der Waals surface area contributed by atoms with Gasteiger partial charge in [0.25, 0.3) is 5.56 Å². The van der Waals surface area contributed by atoms with E-state index < -0.39 is 0 Å². The van der Waals surface area contributed by atoms with Crippen molar-refractivity contribution >= 4 is 17.4 Å². The molecule has 1 rings (SSSR count). The standard InChI is InChI=1S/C9H14ClN3O2/c1-13(4-3-5-15-2)8-7(10)9(14)12-6-11-8/h6H,3-5H2,1-2H3,(H,11,12,14). The van der Waals surface area contributed by atoms with E-state index in [1.807, 2.05) is 11.9 Å². The lowest BCUT2D eigenvalue weighted by Crippen LogP contribution is -2.23. The van der Waals surface area contributed by atoms with Gasteiger partial charge in [0, 0.05) is 27.3 Å². The van der Waals surface area contributed by atoms with Crippen molar-refractivity contribution in [3.05, 3.63) is 21.7 Å². The summed E-state index contributed by atoms with van der Waals surface area (Å²) < 4.78 is 4.93. The van der Waals surface area contributed by atoms with E-state index in [1.54, 1.807) is 7.11 Å². The molecule has 0 aliphatic carbocycles. The number of hydrogen-bond acceptors (Lipinski definition) is 4. The minimum absolute atomic E-state index is 0.123. The van der Waals surface area contributed by atoms with Gasteiger partial charge in [0.05, 0.1) is 6.33 Å². The number of hydrogen-bond donors (Lipinski definition) is 1. The highest BCUT2D eigenvalue weighted by Crippen LogP contribution is 2.16. The highest BCUT2D eigenvalue weighted by atomic mass is 35.5. The number of aromatic amines is 1. The Bertz CT molecular complexity index is 367. The van der Waals surface area contributed by atoms with Crippen LogP contribution in [-0.4, -0.2) is 37.3 Å². The molecule has 1 N–H and O–H groups in total. The highest BCUT2D eigenvalue weighted by Gasteiger charge is 2.09. The maximum absolute atomic E-state index is 11.2. The number of anilines is 1. The Hall–Kier alpha value is -1.07. The van der Waals surface area contributed by atoms with Gasteiger partial charge in [-0.25, -0.2) is 4.98 Å². The summed E-state index contributed by atoms with van der Waals surface area (Å²) in [5.74, 6) is 0.497. The summed E-state index contributed by atoms with van der Waals surface area (Å²) in [7, 11) is 3.49. The van der Waals surface area contributed by atoms with E-state index in [0.717, 1.165) is 13.0 Å². The van der Waals surface area contributed by atoms with Gasteiger partial charge >= 0.3 is 0 Å². The molecule has 0 amide bonds. The lowest BCUT2D eigenvalue weighted by Gasteiger charge is -2.18. The molecule has 0 saturated heterocycles. The van der Waals surface area contributed by atoms with Crippen LogP contribution in [0, 0.1) is 0 Å². The van der Waals surface area contributed by atoms with Crippen LogP contribution in [0.15, 0.2) is 11.1 Å². The number of methoxy groups -OCH3 is 1. The van der Waals surface area contributed by atoms with E-state index in [-0.39, 0.29) is 10.6 Å². The van der Waals surface area contributed by atoms with Gasteiger partial charge in [0.15, 0.2) is 5.82 Å². The van der Waals surface area contributed by atoms with Crippen molar-refractivity contribution in [2.75, 3.05) is 32.2 Å². The third-order valence-corrected chi connectivity index (χ3v) is 2.32. The van der Waals surface area contributed by atoms with Crippen LogP contribution in [-0.2, 0) is 4.74 Å². The maximum atomic E-state index is 11.2. The molecule has 0 spiro atoms. The second-order valence-electron chi connectivity index (χ2n) is 3.14. The Balaban J connectivity index is 2.69. The first-order chi connectivity index (χ1) is 7.16. The summed E-state index contributed by atoms with van der Waals surface area (Å²) in [5.41, 5.74) is -0.319. The second-order valence-corrected chi connectivity index (χ2v) is 3.52. The maximum Gasteiger partial charge on any atom is 0.271 e. The van der Waals surface area contributed by atoms with Gasteiger partial charge in [-0.1, -0.05) is 11.6 Å². The molecule has 0 unspecified atom stereocenters. The predicted octanol–water partition coefficient (Wildman–Crippen LogP) is 0.896. The molecule has 5 nitrogen and oxygen atoms in total. The molecule has 6 heteroatoms. The molecule has 1 aromatic heterocycles. The van der Waals surface area contributed by atoms with Crippen molar-refractivity contribution in [1.29, 1.82) is 0 Å². The van der Waals surface area contributed by atoms with E-state index in [2.05, 4.69) is 9.97 Å². The Labute approximate surface area is 93.0 Å². The van der Waals surface area contributed by atoms with Gasteiger partial charge in [0.1, 0.15) is 5.02 Å². The number of halogens is 1. The second kappa shape index (κ2) is 5.72. The summed E-state index contributed by atoms with van der Waals surface area (Å²) in [6.07, 6.45) is 2.20. The van der Waals surface area contributed by atoms with Crippen molar-refractivity contribution in [1.82, 2.24) is 9.97 Å². The van der Waals surface area contributed by atoms with Crippen molar-refractivity contribution in [3.63, 3.8) is 0 Å². The average Bonchev–Trinajstić information content (AvgIpc) is 2.22. The Morgan fingerprint density at radius 1 is 1.67 bits per heavy atom. The molecule has 0 radical (unpaired) electrons. The van der Waals surface area contributed by atoms with Gasteiger partial charge in [-0.3, -0.25) is 4.79 Å². The lowest BCUT2D eigenvalue weighted by molar-refractivity contribution is 0.196. The predicted molar refractivity (Wildman–Crippen MR) is 59.6 cm³/mol. The first-order valence-electron chi connectivity index (χ1n) is 4.60. The normalized spacial score (nSPS) is 10.3. The van der Waals surface area contributed by atoms with E-state index >= 15 is 0 Å². The van der Waals surface area contributed by atoms with Crippen LogP contribution in [0.25, 0.3) is 0 Å². The summed E-state index contributed by atoms with van der Waals surface area (Å²) in [6.45, 7) is 1.41. The molecular weight excluding hydrogens is 218 g/mol. The van der Waals surface area contributed by atoms with Crippen LogP contribution in [0.2, 0.25) is 5.02 Å². The first-order valence-corrected chi connectivity index (χ1v) is 4.98. The number of rotatable bonds is 5. The molecule has 15 heavy (non-hydrogen) atoms. The van der Waals surface area contributed by atoms with Gasteiger partial charge < -0.3 is 14.6 Å². The molecule has 1 heterocycles. The molecule has 0 aromatic carbocycles. The van der Waals surface area contributed by atoms with Crippen molar-refractivity contribution < 1.29 is 4.74 Å². The fourth-order valence-electron chi connectivity index (χ4n) is 1.19. The van der Waals surface area contributed by atoms with Crippen LogP contribution in [0.4, 0.5) is 5.82 Å².